The van der Waals surface area contributed by atoms with Gasteiger partial charge in [0.25, 0.3) is 0 Å². The zero-order chi connectivity index (χ0) is 20.3. The second-order valence-electron chi connectivity index (χ2n) is 6.87. The van der Waals surface area contributed by atoms with Crippen molar-refractivity contribution in [3.8, 4) is 5.75 Å². The van der Waals surface area contributed by atoms with E-state index in [0.717, 1.165) is 17.8 Å². The molecule has 2 atom stereocenters. The average Bonchev–Trinajstić information content (AvgIpc) is 3.02. The van der Waals surface area contributed by atoms with E-state index in [9.17, 15) is 13.6 Å². The minimum Gasteiger partial charge on any atom is -0.485 e. The van der Waals surface area contributed by atoms with E-state index in [-0.39, 0.29) is 24.6 Å². The Morgan fingerprint density at radius 3 is 2.68 bits per heavy atom. The van der Waals surface area contributed by atoms with Crippen LogP contribution in [-0.4, -0.2) is 34.4 Å². The molecular formula is C20H21F2N3O3. The van der Waals surface area contributed by atoms with Crippen LogP contribution in [0.4, 0.5) is 14.6 Å². The van der Waals surface area contributed by atoms with E-state index >= 15 is 0 Å². The summed E-state index contributed by atoms with van der Waals surface area (Å²) in [7, 11) is 0. The number of halogens is 2. The summed E-state index contributed by atoms with van der Waals surface area (Å²) in [5.74, 6) is -3.31. The number of carboxylic acid groups (broad SMARTS) is 1. The van der Waals surface area contributed by atoms with E-state index in [0.29, 0.717) is 12.2 Å². The summed E-state index contributed by atoms with van der Waals surface area (Å²) in [5.41, 5.74) is 1.14. The first-order chi connectivity index (χ1) is 13.3. The van der Waals surface area contributed by atoms with Crippen LogP contribution < -0.4 is 9.75 Å². The lowest BCUT2D eigenvalue weighted by atomic mass is 10.0. The van der Waals surface area contributed by atoms with Crippen LogP contribution in [0.25, 0.3) is 0 Å². The number of aromatic nitrogens is 1. The molecule has 0 saturated carbocycles. The Bertz CT molecular complexity index is 867. The molecule has 8 heteroatoms. The second kappa shape index (κ2) is 8.33. The van der Waals surface area contributed by atoms with Gasteiger partial charge in [-0.1, -0.05) is 13.0 Å². The van der Waals surface area contributed by atoms with E-state index in [1.807, 2.05) is 13.0 Å². The lowest BCUT2D eigenvalue weighted by Crippen LogP contribution is -2.33. The number of anilines is 1. The number of hydrogen-bond donors (Lipinski definition) is 1. The number of carboxylic acids is 1. The van der Waals surface area contributed by atoms with Gasteiger partial charge in [0.05, 0.1) is 12.0 Å². The molecule has 0 radical (unpaired) electrons. The van der Waals surface area contributed by atoms with Crippen molar-refractivity contribution < 1.29 is 23.4 Å². The van der Waals surface area contributed by atoms with Gasteiger partial charge in [0, 0.05) is 18.3 Å². The number of hydrogen-bond acceptors (Lipinski definition) is 5. The highest BCUT2D eigenvalue weighted by Crippen LogP contribution is 2.27. The molecule has 0 amide bonds. The van der Waals surface area contributed by atoms with Gasteiger partial charge >= 0.3 is 5.97 Å². The smallest absolute Gasteiger partial charge is 0.306 e. The van der Waals surface area contributed by atoms with Gasteiger partial charge in [0.1, 0.15) is 12.4 Å². The minimum atomic E-state index is -1.02. The summed E-state index contributed by atoms with van der Waals surface area (Å²) in [6.07, 6.45) is 2.27. The van der Waals surface area contributed by atoms with E-state index in [1.54, 1.807) is 23.3 Å². The van der Waals surface area contributed by atoms with Crippen molar-refractivity contribution >= 4 is 17.5 Å². The van der Waals surface area contributed by atoms with Crippen molar-refractivity contribution in [1.82, 2.24) is 4.98 Å². The second-order valence-corrected chi connectivity index (χ2v) is 6.87. The van der Waals surface area contributed by atoms with Gasteiger partial charge < -0.3 is 9.84 Å². The summed E-state index contributed by atoms with van der Waals surface area (Å²) in [4.78, 5) is 15.2. The molecule has 0 saturated heterocycles. The summed E-state index contributed by atoms with van der Waals surface area (Å²) in [6, 6.07) is 7.42. The molecule has 0 aliphatic carbocycles. The zero-order valence-corrected chi connectivity index (χ0v) is 15.6. The first-order valence-electron chi connectivity index (χ1n) is 8.93. The van der Waals surface area contributed by atoms with Crippen molar-refractivity contribution in [2.24, 2.45) is 11.0 Å². The highest BCUT2D eigenvalue weighted by molar-refractivity contribution is 5.86. The largest absolute Gasteiger partial charge is 0.485 e. The van der Waals surface area contributed by atoms with Gasteiger partial charge in [-0.15, -0.1) is 0 Å². The van der Waals surface area contributed by atoms with Crippen LogP contribution in [0, 0.1) is 17.6 Å². The predicted molar refractivity (Wildman–Crippen MR) is 101 cm³/mol. The molecule has 2 heterocycles. The van der Waals surface area contributed by atoms with Crippen LogP contribution in [0.5, 0.6) is 5.75 Å². The molecule has 28 heavy (non-hydrogen) atoms. The number of benzene rings is 1. The Morgan fingerprint density at radius 2 is 2.07 bits per heavy atom. The Labute approximate surface area is 161 Å². The number of nitrogens with zero attached hydrogens (tertiary/aromatic N) is 3. The standard InChI is InChI=1S/C20H21F2N3O3/c1-12(20(26)27)7-14-9-16(21)19(17(22)10-14)28-11-15-8-13(2)24-25(15)18-5-3-4-6-23-18/h3-6,9-10,12,15H,7-8,11H2,1-2H3,(H,26,27). The van der Waals surface area contributed by atoms with E-state index in [4.69, 9.17) is 9.84 Å². The Hall–Kier alpha value is -3.03. The molecule has 0 fully saturated rings. The Kier molecular flexibility index (Phi) is 5.87. The van der Waals surface area contributed by atoms with E-state index in [1.165, 1.54) is 6.92 Å². The van der Waals surface area contributed by atoms with Crippen molar-refractivity contribution in [3.05, 3.63) is 53.7 Å². The topological polar surface area (TPSA) is 75.0 Å². The van der Waals surface area contributed by atoms with Crippen LogP contribution >= 0.6 is 0 Å². The monoisotopic (exact) mass is 389 g/mol. The van der Waals surface area contributed by atoms with Crippen LogP contribution in [0.2, 0.25) is 0 Å². The fourth-order valence-electron chi connectivity index (χ4n) is 3.08. The molecule has 148 valence electrons. The summed E-state index contributed by atoms with van der Waals surface area (Å²) < 4.78 is 34.2. The maximum Gasteiger partial charge on any atom is 0.306 e. The first-order valence-corrected chi connectivity index (χ1v) is 8.93. The van der Waals surface area contributed by atoms with Gasteiger partial charge in [-0.3, -0.25) is 4.79 Å². The molecule has 1 N–H and O–H groups in total. The molecule has 2 unspecified atom stereocenters. The van der Waals surface area contributed by atoms with E-state index < -0.39 is 29.3 Å². The molecule has 1 aliphatic rings. The van der Waals surface area contributed by atoms with Crippen LogP contribution in [0.1, 0.15) is 25.8 Å². The molecule has 1 aliphatic heterocycles. The fraction of sp³-hybridized carbons (Fsp3) is 0.350. The number of pyridine rings is 1. The van der Waals surface area contributed by atoms with Crippen LogP contribution in [0.15, 0.2) is 41.6 Å². The summed E-state index contributed by atoms with van der Waals surface area (Å²) in [5, 5.41) is 15.1. The van der Waals surface area contributed by atoms with Crippen molar-refractivity contribution in [3.63, 3.8) is 0 Å². The third kappa shape index (κ3) is 4.44. The maximum absolute atomic E-state index is 14.4. The van der Waals surface area contributed by atoms with Crippen LogP contribution in [-0.2, 0) is 11.2 Å². The molecule has 0 bridgehead atoms. The molecule has 0 spiro atoms. The fourth-order valence-corrected chi connectivity index (χ4v) is 3.08. The molecular weight excluding hydrogens is 368 g/mol. The molecule has 3 rings (SSSR count). The molecule has 6 nitrogen and oxygen atoms in total. The predicted octanol–water partition coefficient (Wildman–Crippen LogP) is 3.66. The van der Waals surface area contributed by atoms with Crippen molar-refractivity contribution in [2.45, 2.75) is 32.7 Å². The normalized spacial score (nSPS) is 17.4. The number of hydrazone groups is 1. The first kappa shape index (κ1) is 19.7. The highest BCUT2D eigenvalue weighted by Gasteiger charge is 2.28. The van der Waals surface area contributed by atoms with Gasteiger partial charge in [0.15, 0.2) is 17.4 Å². The van der Waals surface area contributed by atoms with Crippen molar-refractivity contribution in [1.29, 1.82) is 0 Å². The number of carbonyl (C=O) groups is 1. The molecule has 2 aromatic rings. The number of rotatable bonds is 7. The van der Waals surface area contributed by atoms with Crippen molar-refractivity contribution in [2.75, 3.05) is 11.6 Å². The van der Waals surface area contributed by atoms with E-state index in [2.05, 4.69) is 10.1 Å². The maximum atomic E-state index is 14.4. The molecule has 1 aromatic carbocycles. The number of ether oxygens (including phenoxy) is 1. The lowest BCUT2D eigenvalue weighted by molar-refractivity contribution is -0.141. The third-order valence-electron chi connectivity index (χ3n) is 4.48. The quantitative estimate of drug-likeness (QED) is 0.782. The van der Waals surface area contributed by atoms with Gasteiger partial charge in [0.2, 0.25) is 0 Å². The molecule has 1 aromatic heterocycles. The Balaban J connectivity index is 1.71. The zero-order valence-electron chi connectivity index (χ0n) is 15.6. The highest BCUT2D eigenvalue weighted by atomic mass is 19.1. The minimum absolute atomic E-state index is 0.0239. The average molecular weight is 389 g/mol. The van der Waals surface area contributed by atoms with Gasteiger partial charge in [-0.05, 0) is 43.2 Å². The van der Waals surface area contributed by atoms with Gasteiger partial charge in [-0.25, -0.2) is 18.8 Å². The summed E-state index contributed by atoms with van der Waals surface area (Å²) in [6.45, 7) is 3.38. The van der Waals surface area contributed by atoms with Crippen LogP contribution in [0.3, 0.4) is 0 Å². The number of aliphatic carboxylic acids is 1. The van der Waals surface area contributed by atoms with Gasteiger partial charge in [-0.2, -0.15) is 5.10 Å². The SMILES string of the molecule is CC1=NN(c2ccccn2)C(COc2c(F)cc(CC(C)C(=O)O)cc2F)C1. The lowest BCUT2D eigenvalue weighted by Gasteiger charge is -2.23. The Morgan fingerprint density at radius 1 is 1.36 bits per heavy atom. The summed E-state index contributed by atoms with van der Waals surface area (Å²) >= 11 is 0. The third-order valence-corrected chi connectivity index (χ3v) is 4.48.